The Kier molecular flexibility index (Phi) is 6.79. The molecule has 25 heavy (non-hydrogen) atoms. The lowest BCUT2D eigenvalue weighted by Crippen LogP contribution is -2.54. The Balaban J connectivity index is 1.59. The van der Waals surface area contributed by atoms with Crippen molar-refractivity contribution < 1.29 is 13.9 Å². The first-order valence-corrected chi connectivity index (χ1v) is 9.67. The summed E-state index contributed by atoms with van der Waals surface area (Å²) in [7, 11) is 0. The van der Waals surface area contributed by atoms with E-state index in [-0.39, 0.29) is 6.61 Å². The second kappa shape index (κ2) is 9.06. The Hall–Kier alpha value is -1.04. The number of hydrogen-bond acceptors (Lipinski definition) is 3. The van der Waals surface area contributed by atoms with E-state index >= 15 is 0 Å². The van der Waals surface area contributed by atoms with E-state index in [9.17, 15) is 13.9 Å². The van der Waals surface area contributed by atoms with E-state index in [0.29, 0.717) is 18.2 Å². The lowest BCUT2D eigenvalue weighted by Gasteiger charge is -2.43. The summed E-state index contributed by atoms with van der Waals surface area (Å²) in [6, 6.07) is 4.69. The van der Waals surface area contributed by atoms with E-state index in [0.717, 1.165) is 44.6 Å². The Morgan fingerprint density at radius 1 is 1.08 bits per heavy atom. The zero-order chi connectivity index (χ0) is 17.6. The van der Waals surface area contributed by atoms with Crippen LogP contribution in [-0.4, -0.2) is 53.7 Å². The van der Waals surface area contributed by atoms with Crippen molar-refractivity contribution in [1.29, 1.82) is 0 Å². The van der Waals surface area contributed by atoms with Gasteiger partial charge in [0.05, 0.1) is 0 Å². The van der Waals surface area contributed by atoms with E-state index in [1.54, 1.807) is 12.1 Å². The van der Waals surface area contributed by atoms with Crippen molar-refractivity contribution >= 4 is 0 Å². The number of halogens is 2. The average Bonchev–Trinajstić information content (AvgIpc) is 2.62. The third-order valence-electron chi connectivity index (χ3n) is 5.79. The first-order valence-electron chi connectivity index (χ1n) is 9.67. The molecule has 1 aromatic rings. The topological polar surface area (TPSA) is 26.7 Å². The number of aliphatic hydroxyl groups is 1. The number of piperazine rings is 1. The quantitative estimate of drug-likeness (QED) is 0.850. The van der Waals surface area contributed by atoms with Gasteiger partial charge in [-0.25, -0.2) is 8.78 Å². The molecule has 0 radical (unpaired) electrons. The van der Waals surface area contributed by atoms with Gasteiger partial charge in [-0.05, 0) is 31.2 Å². The van der Waals surface area contributed by atoms with Gasteiger partial charge in [0.1, 0.15) is 0 Å². The molecule has 3 rings (SSSR count). The minimum Gasteiger partial charge on any atom is -0.396 e. The molecule has 0 bridgehead atoms. The highest BCUT2D eigenvalue weighted by Crippen LogP contribution is 2.27. The van der Waals surface area contributed by atoms with E-state index in [1.807, 2.05) is 0 Å². The molecule has 1 heterocycles. The van der Waals surface area contributed by atoms with Crippen molar-refractivity contribution in [2.45, 2.75) is 51.1 Å². The van der Waals surface area contributed by atoms with Gasteiger partial charge in [0.15, 0.2) is 11.6 Å². The summed E-state index contributed by atoms with van der Waals surface area (Å²) in [5.41, 5.74) is 0.420. The molecular formula is C20H30F2N2O. The fourth-order valence-corrected chi connectivity index (χ4v) is 4.38. The fourth-order valence-electron chi connectivity index (χ4n) is 4.38. The first-order chi connectivity index (χ1) is 12.2. The van der Waals surface area contributed by atoms with Gasteiger partial charge in [-0.2, -0.15) is 0 Å². The summed E-state index contributed by atoms with van der Waals surface area (Å²) in [4.78, 5) is 4.71. The molecule has 2 fully saturated rings. The van der Waals surface area contributed by atoms with Crippen molar-refractivity contribution in [3.05, 3.63) is 35.4 Å². The lowest BCUT2D eigenvalue weighted by molar-refractivity contribution is 0.0395. The first kappa shape index (κ1) is 18.7. The molecule has 3 nitrogen and oxygen atoms in total. The zero-order valence-corrected chi connectivity index (χ0v) is 15.0. The third kappa shape index (κ3) is 4.99. The van der Waals surface area contributed by atoms with Crippen molar-refractivity contribution in [1.82, 2.24) is 9.80 Å². The van der Waals surface area contributed by atoms with Crippen LogP contribution in [0.15, 0.2) is 18.2 Å². The molecule has 0 amide bonds. The van der Waals surface area contributed by atoms with Crippen molar-refractivity contribution in [2.24, 2.45) is 5.92 Å². The van der Waals surface area contributed by atoms with Crippen molar-refractivity contribution in [3.8, 4) is 0 Å². The normalized spacial score (nSPS) is 23.9. The number of benzene rings is 1. The van der Waals surface area contributed by atoms with Crippen LogP contribution < -0.4 is 0 Å². The van der Waals surface area contributed by atoms with Crippen LogP contribution in [0.2, 0.25) is 0 Å². The molecule has 0 aromatic heterocycles. The molecule has 1 N–H and O–H groups in total. The van der Waals surface area contributed by atoms with E-state index in [4.69, 9.17) is 0 Å². The van der Waals surface area contributed by atoms with Gasteiger partial charge in [0.25, 0.3) is 0 Å². The summed E-state index contributed by atoms with van der Waals surface area (Å²) in [5, 5.41) is 9.44. The highest BCUT2D eigenvalue weighted by molar-refractivity contribution is 5.19. The van der Waals surface area contributed by atoms with Gasteiger partial charge in [0, 0.05) is 50.9 Å². The Morgan fingerprint density at radius 3 is 2.64 bits per heavy atom. The van der Waals surface area contributed by atoms with E-state index < -0.39 is 11.6 Å². The largest absolute Gasteiger partial charge is 0.396 e. The van der Waals surface area contributed by atoms with Crippen LogP contribution in [-0.2, 0) is 6.54 Å². The van der Waals surface area contributed by atoms with Gasteiger partial charge < -0.3 is 5.11 Å². The standard InChI is InChI=1S/C20H30F2N2O/c21-19-8-4-7-17(20(19)22)14-23-10-11-24(18(15-23)9-12-25)13-16-5-2-1-3-6-16/h4,7-8,16,18,25H,1-3,5-6,9-15H2/t18-/m0/s1. The molecule has 1 aliphatic heterocycles. The monoisotopic (exact) mass is 352 g/mol. The molecule has 0 unspecified atom stereocenters. The predicted molar refractivity (Wildman–Crippen MR) is 95.3 cm³/mol. The van der Waals surface area contributed by atoms with Crippen LogP contribution in [0, 0.1) is 17.6 Å². The Morgan fingerprint density at radius 2 is 1.88 bits per heavy atom. The van der Waals surface area contributed by atoms with Gasteiger partial charge in [-0.1, -0.05) is 31.4 Å². The minimum atomic E-state index is -0.777. The molecule has 2 aliphatic rings. The molecule has 1 saturated carbocycles. The van der Waals surface area contributed by atoms with E-state index in [2.05, 4.69) is 9.80 Å². The van der Waals surface area contributed by atoms with E-state index in [1.165, 1.54) is 32.1 Å². The number of aliphatic hydroxyl groups excluding tert-OH is 1. The van der Waals surface area contributed by atoms with Crippen molar-refractivity contribution in [3.63, 3.8) is 0 Å². The van der Waals surface area contributed by atoms with Crippen LogP contribution in [0.25, 0.3) is 0 Å². The molecule has 1 aromatic carbocycles. The number of hydrogen-bond donors (Lipinski definition) is 1. The number of nitrogens with zero attached hydrogens (tertiary/aromatic N) is 2. The van der Waals surface area contributed by atoms with Crippen LogP contribution in [0.3, 0.4) is 0 Å². The average molecular weight is 352 g/mol. The molecule has 0 spiro atoms. The fraction of sp³-hybridized carbons (Fsp3) is 0.700. The highest BCUT2D eigenvalue weighted by atomic mass is 19.2. The highest BCUT2D eigenvalue weighted by Gasteiger charge is 2.29. The van der Waals surface area contributed by atoms with Crippen LogP contribution in [0.4, 0.5) is 8.78 Å². The lowest BCUT2D eigenvalue weighted by atomic mass is 9.88. The van der Waals surface area contributed by atoms with Crippen LogP contribution in [0.1, 0.15) is 44.1 Å². The van der Waals surface area contributed by atoms with Crippen molar-refractivity contribution in [2.75, 3.05) is 32.8 Å². The molecular weight excluding hydrogens is 322 g/mol. The van der Waals surface area contributed by atoms with Gasteiger partial charge >= 0.3 is 0 Å². The summed E-state index contributed by atoms with van der Waals surface area (Å²) in [6.07, 6.45) is 7.43. The van der Waals surface area contributed by atoms with Crippen LogP contribution in [0.5, 0.6) is 0 Å². The zero-order valence-electron chi connectivity index (χ0n) is 15.0. The smallest absolute Gasteiger partial charge is 0.163 e. The van der Waals surface area contributed by atoms with Gasteiger partial charge in [-0.3, -0.25) is 9.80 Å². The second-order valence-electron chi connectivity index (χ2n) is 7.61. The van der Waals surface area contributed by atoms with Gasteiger partial charge in [0.2, 0.25) is 0 Å². The van der Waals surface area contributed by atoms with Gasteiger partial charge in [-0.15, -0.1) is 0 Å². The Labute approximate surface area is 149 Å². The molecule has 1 atom stereocenters. The summed E-state index contributed by atoms with van der Waals surface area (Å²) in [5.74, 6) is -0.728. The number of rotatable bonds is 6. The molecule has 1 saturated heterocycles. The summed E-state index contributed by atoms with van der Waals surface area (Å²) < 4.78 is 27.4. The molecule has 140 valence electrons. The predicted octanol–water partition coefficient (Wildman–Crippen LogP) is 3.41. The SMILES string of the molecule is OCC[C@H]1CN(Cc2cccc(F)c2F)CCN1CC1CCCCC1. The molecule has 1 aliphatic carbocycles. The van der Waals surface area contributed by atoms with Crippen LogP contribution >= 0.6 is 0 Å². The maximum Gasteiger partial charge on any atom is 0.163 e. The summed E-state index contributed by atoms with van der Waals surface area (Å²) in [6.45, 7) is 4.34. The third-order valence-corrected chi connectivity index (χ3v) is 5.79. The molecule has 5 heteroatoms. The summed E-state index contributed by atoms with van der Waals surface area (Å²) >= 11 is 0. The minimum absolute atomic E-state index is 0.175. The maximum absolute atomic E-state index is 13.9. The Bertz CT molecular complexity index is 548. The second-order valence-corrected chi connectivity index (χ2v) is 7.61. The maximum atomic E-state index is 13.9.